The second-order valence-electron chi connectivity index (χ2n) is 4.50. The van der Waals surface area contributed by atoms with Crippen molar-refractivity contribution in [2.45, 2.75) is 33.2 Å². The molecular formula is C14H22BrNO. The molecule has 0 aliphatic heterocycles. The normalized spacial score (nSPS) is 14.4. The number of halogens is 1. The molecule has 0 saturated heterocycles. The Morgan fingerprint density at radius 2 is 2.06 bits per heavy atom. The molecule has 0 heterocycles. The summed E-state index contributed by atoms with van der Waals surface area (Å²) >= 11 is 3.52. The van der Waals surface area contributed by atoms with Gasteiger partial charge in [-0.15, -0.1) is 0 Å². The lowest BCUT2D eigenvalue weighted by atomic mass is 9.95. The molecule has 0 bridgehead atoms. The van der Waals surface area contributed by atoms with E-state index in [0.29, 0.717) is 12.0 Å². The number of ether oxygens (including phenoxy) is 1. The molecule has 0 radical (unpaired) electrons. The van der Waals surface area contributed by atoms with Gasteiger partial charge in [-0.05, 0) is 59.4 Å². The Morgan fingerprint density at radius 1 is 1.35 bits per heavy atom. The smallest absolute Gasteiger partial charge is 0.133 e. The minimum atomic E-state index is 0.542. The van der Waals surface area contributed by atoms with Crippen LogP contribution in [0.2, 0.25) is 0 Å². The summed E-state index contributed by atoms with van der Waals surface area (Å²) in [6.45, 7) is 7.70. The van der Waals surface area contributed by atoms with Gasteiger partial charge >= 0.3 is 0 Å². The predicted molar refractivity (Wildman–Crippen MR) is 76.7 cm³/mol. The predicted octanol–water partition coefficient (Wildman–Crippen LogP) is 3.63. The van der Waals surface area contributed by atoms with Gasteiger partial charge < -0.3 is 10.1 Å². The van der Waals surface area contributed by atoms with Gasteiger partial charge in [0.05, 0.1) is 11.6 Å². The van der Waals surface area contributed by atoms with Gasteiger partial charge in [0.15, 0.2) is 0 Å². The number of hydrogen-bond donors (Lipinski definition) is 1. The molecule has 17 heavy (non-hydrogen) atoms. The minimum absolute atomic E-state index is 0.542. The van der Waals surface area contributed by atoms with Gasteiger partial charge in [0.1, 0.15) is 5.75 Å². The van der Waals surface area contributed by atoms with E-state index in [4.69, 9.17) is 4.74 Å². The van der Waals surface area contributed by atoms with E-state index in [0.717, 1.165) is 23.2 Å². The van der Waals surface area contributed by atoms with Gasteiger partial charge in [0.2, 0.25) is 0 Å². The summed E-state index contributed by atoms with van der Waals surface area (Å²) in [7, 11) is 1.69. The van der Waals surface area contributed by atoms with Crippen LogP contribution < -0.4 is 10.1 Å². The summed E-state index contributed by atoms with van der Waals surface area (Å²) < 4.78 is 6.26. The lowest BCUT2D eigenvalue weighted by Gasteiger charge is -2.21. The molecule has 3 heteroatoms. The van der Waals surface area contributed by atoms with E-state index in [1.54, 1.807) is 7.11 Å². The fourth-order valence-electron chi connectivity index (χ4n) is 1.91. The number of hydrogen-bond acceptors (Lipinski definition) is 2. The summed E-state index contributed by atoms with van der Waals surface area (Å²) in [5.74, 6) is 1.51. The van der Waals surface area contributed by atoms with Crippen molar-refractivity contribution in [1.82, 2.24) is 5.32 Å². The summed E-state index contributed by atoms with van der Waals surface area (Å²) in [5, 5.41) is 3.47. The largest absolute Gasteiger partial charge is 0.496 e. The Labute approximate surface area is 113 Å². The fourth-order valence-corrected chi connectivity index (χ4v) is 2.50. The molecule has 2 nitrogen and oxygen atoms in total. The summed E-state index contributed by atoms with van der Waals surface area (Å²) in [4.78, 5) is 0. The van der Waals surface area contributed by atoms with Crippen LogP contribution in [0.1, 0.15) is 26.3 Å². The topological polar surface area (TPSA) is 21.3 Å². The zero-order valence-corrected chi connectivity index (χ0v) is 12.7. The van der Waals surface area contributed by atoms with Gasteiger partial charge in [-0.2, -0.15) is 0 Å². The van der Waals surface area contributed by atoms with Gasteiger partial charge in [0, 0.05) is 6.04 Å². The van der Waals surface area contributed by atoms with Crippen LogP contribution in [0.3, 0.4) is 0 Å². The highest BCUT2D eigenvalue weighted by Gasteiger charge is 2.12. The van der Waals surface area contributed by atoms with Crippen LogP contribution in [0.25, 0.3) is 0 Å². The third-order valence-electron chi connectivity index (χ3n) is 3.15. The highest BCUT2D eigenvalue weighted by atomic mass is 79.9. The van der Waals surface area contributed by atoms with Gasteiger partial charge in [-0.25, -0.2) is 0 Å². The molecular weight excluding hydrogens is 278 g/mol. The molecule has 0 spiro atoms. The maximum atomic E-state index is 5.23. The number of nitrogens with one attached hydrogen (secondary N) is 1. The highest BCUT2D eigenvalue weighted by Crippen LogP contribution is 2.26. The Bertz CT molecular complexity index is 354. The van der Waals surface area contributed by atoms with Crippen molar-refractivity contribution in [1.29, 1.82) is 0 Å². The second-order valence-corrected chi connectivity index (χ2v) is 5.35. The maximum Gasteiger partial charge on any atom is 0.133 e. The van der Waals surface area contributed by atoms with E-state index < -0.39 is 0 Å². The van der Waals surface area contributed by atoms with Crippen molar-refractivity contribution < 1.29 is 4.74 Å². The van der Waals surface area contributed by atoms with Crippen LogP contribution in [0, 0.1) is 5.92 Å². The van der Waals surface area contributed by atoms with Gasteiger partial charge in [-0.1, -0.05) is 19.9 Å². The first-order valence-corrected chi connectivity index (χ1v) is 6.93. The van der Waals surface area contributed by atoms with Crippen LogP contribution >= 0.6 is 15.9 Å². The number of rotatable bonds is 6. The van der Waals surface area contributed by atoms with Crippen molar-refractivity contribution in [3.05, 3.63) is 28.2 Å². The van der Waals surface area contributed by atoms with Crippen molar-refractivity contribution in [3.8, 4) is 5.75 Å². The summed E-state index contributed by atoms with van der Waals surface area (Å²) in [6.07, 6.45) is 1.08. The molecule has 1 rings (SSSR count). The maximum absolute atomic E-state index is 5.23. The monoisotopic (exact) mass is 299 g/mol. The Hall–Kier alpha value is -0.540. The molecule has 1 aromatic rings. The lowest BCUT2D eigenvalue weighted by Crippen LogP contribution is -2.32. The van der Waals surface area contributed by atoms with Gasteiger partial charge in [0.25, 0.3) is 0 Å². The van der Waals surface area contributed by atoms with Crippen molar-refractivity contribution in [3.63, 3.8) is 0 Å². The molecule has 1 aromatic carbocycles. The summed E-state index contributed by atoms with van der Waals surface area (Å²) in [6, 6.07) is 6.84. The fraction of sp³-hybridized carbons (Fsp3) is 0.571. The highest BCUT2D eigenvalue weighted by molar-refractivity contribution is 9.10. The SMILES string of the molecule is CCNC(C)C(C)Cc1ccc(OC)c(Br)c1. The number of benzene rings is 1. The number of methoxy groups -OCH3 is 1. The van der Waals surface area contributed by atoms with E-state index in [9.17, 15) is 0 Å². The molecule has 2 atom stereocenters. The molecule has 0 amide bonds. The minimum Gasteiger partial charge on any atom is -0.496 e. The van der Waals surface area contributed by atoms with Crippen LogP contribution in [-0.4, -0.2) is 19.7 Å². The third-order valence-corrected chi connectivity index (χ3v) is 3.77. The zero-order chi connectivity index (χ0) is 12.8. The van der Waals surface area contributed by atoms with Crippen molar-refractivity contribution in [2.24, 2.45) is 5.92 Å². The lowest BCUT2D eigenvalue weighted by molar-refractivity contribution is 0.403. The van der Waals surface area contributed by atoms with E-state index in [-0.39, 0.29) is 0 Å². The van der Waals surface area contributed by atoms with Crippen molar-refractivity contribution >= 4 is 15.9 Å². The van der Waals surface area contributed by atoms with Crippen LogP contribution in [0.4, 0.5) is 0 Å². The van der Waals surface area contributed by atoms with E-state index >= 15 is 0 Å². The zero-order valence-electron chi connectivity index (χ0n) is 11.1. The summed E-state index contributed by atoms with van der Waals surface area (Å²) in [5.41, 5.74) is 1.34. The Kier molecular flexibility index (Phi) is 6.00. The first-order chi connectivity index (χ1) is 8.08. The molecule has 0 aliphatic carbocycles. The van der Waals surface area contributed by atoms with Crippen LogP contribution in [0.5, 0.6) is 5.75 Å². The molecule has 1 N–H and O–H groups in total. The first kappa shape index (κ1) is 14.5. The first-order valence-electron chi connectivity index (χ1n) is 6.14. The molecule has 0 aromatic heterocycles. The van der Waals surface area contributed by atoms with Gasteiger partial charge in [-0.3, -0.25) is 0 Å². The molecule has 96 valence electrons. The van der Waals surface area contributed by atoms with E-state index in [1.165, 1.54) is 5.56 Å². The molecule has 2 unspecified atom stereocenters. The second kappa shape index (κ2) is 7.02. The van der Waals surface area contributed by atoms with Crippen molar-refractivity contribution in [2.75, 3.05) is 13.7 Å². The molecule has 0 aliphatic rings. The average Bonchev–Trinajstić information content (AvgIpc) is 2.29. The molecule has 0 saturated carbocycles. The average molecular weight is 300 g/mol. The van der Waals surface area contributed by atoms with Crippen LogP contribution in [0.15, 0.2) is 22.7 Å². The standard InChI is InChI=1S/C14H22BrNO/c1-5-16-11(3)10(2)8-12-6-7-14(17-4)13(15)9-12/h6-7,9-11,16H,5,8H2,1-4H3. The quantitative estimate of drug-likeness (QED) is 0.866. The van der Waals surface area contributed by atoms with E-state index in [2.05, 4.69) is 54.2 Å². The Balaban J connectivity index is 2.65. The third kappa shape index (κ3) is 4.32. The Morgan fingerprint density at radius 3 is 2.59 bits per heavy atom. The molecule has 0 fully saturated rings. The van der Waals surface area contributed by atoms with E-state index in [1.807, 2.05) is 6.07 Å². The van der Waals surface area contributed by atoms with Crippen LogP contribution in [-0.2, 0) is 6.42 Å².